The molecule has 2 aromatic carbocycles. The van der Waals surface area contributed by atoms with E-state index in [0.29, 0.717) is 28.2 Å². The molecule has 0 fully saturated rings. The summed E-state index contributed by atoms with van der Waals surface area (Å²) in [5.74, 6) is 1.39. The number of ether oxygens (including phenoxy) is 2. The molecule has 0 aliphatic carbocycles. The van der Waals surface area contributed by atoms with Crippen LogP contribution in [0.15, 0.2) is 41.5 Å². The third-order valence-corrected chi connectivity index (χ3v) is 4.40. The number of hydrazone groups is 1. The van der Waals surface area contributed by atoms with E-state index in [9.17, 15) is 0 Å². The second kappa shape index (κ2) is 8.71. The van der Waals surface area contributed by atoms with E-state index in [0.717, 1.165) is 16.8 Å². The molecule has 1 aliphatic heterocycles. The summed E-state index contributed by atoms with van der Waals surface area (Å²) in [7, 11) is 0. The third kappa shape index (κ3) is 4.88. The second-order valence-corrected chi connectivity index (χ2v) is 6.60. The van der Waals surface area contributed by atoms with Gasteiger partial charge in [0.25, 0.3) is 0 Å². The molecule has 0 unspecified atom stereocenters. The molecular formula is C19H17ClN4O2S. The van der Waals surface area contributed by atoms with Gasteiger partial charge in [-0.1, -0.05) is 17.7 Å². The number of nitriles is 1. The van der Waals surface area contributed by atoms with Gasteiger partial charge in [-0.15, -0.1) is 0 Å². The molecule has 1 N–H and O–H groups in total. The third-order valence-electron chi connectivity index (χ3n) is 3.85. The van der Waals surface area contributed by atoms with Crippen LogP contribution in [-0.4, -0.2) is 29.7 Å². The Morgan fingerprint density at radius 3 is 2.96 bits per heavy atom. The van der Waals surface area contributed by atoms with Crippen molar-refractivity contribution in [2.75, 3.05) is 18.7 Å². The topological polar surface area (TPSA) is 69.9 Å². The van der Waals surface area contributed by atoms with Gasteiger partial charge in [-0.2, -0.15) is 10.4 Å². The van der Waals surface area contributed by atoms with E-state index in [1.165, 1.54) is 0 Å². The van der Waals surface area contributed by atoms with Crippen LogP contribution >= 0.6 is 23.8 Å². The Morgan fingerprint density at radius 1 is 1.33 bits per heavy atom. The van der Waals surface area contributed by atoms with Crippen molar-refractivity contribution in [1.82, 2.24) is 5.01 Å². The molecule has 27 heavy (non-hydrogen) atoms. The van der Waals surface area contributed by atoms with E-state index < -0.39 is 0 Å². The zero-order valence-corrected chi connectivity index (χ0v) is 16.2. The maximum Gasteiger partial charge on any atom is 0.231 e. The zero-order valence-electron chi connectivity index (χ0n) is 14.6. The van der Waals surface area contributed by atoms with Gasteiger partial charge in [0.2, 0.25) is 6.79 Å². The minimum atomic E-state index is 0.219. The average Bonchev–Trinajstić information content (AvgIpc) is 3.12. The minimum Gasteiger partial charge on any atom is -0.454 e. The van der Waals surface area contributed by atoms with Gasteiger partial charge in [-0.25, -0.2) is 5.01 Å². The van der Waals surface area contributed by atoms with Crippen molar-refractivity contribution < 1.29 is 9.47 Å². The van der Waals surface area contributed by atoms with Crippen LogP contribution in [0.5, 0.6) is 11.5 Å². The number of benzene rings is 2. The van der Waals surface area contributed by atoms with Gasteiger partial charge in [0.15, 0.2) is 16.6 Å². The van der Waals surface area contributed by atoms with Crippen LogP contribution in [0.3, 0.4) is 0 Å². The highest BCUT2D eigenvalue weighted by atomic mass is 35.5. The molecule has 138 valence electrons. The summed E-state index contributed by atoms with van der Waals surface area (Å²) in [6.45, 7) is 2.54. The molecule has 1 aliphatic rings. The quantitative estimate of drug-likeness (QED) is 0.458. The molecule has 3 rings (SSSR count). The summed E-state index contributed by atoms with van der Waals surface area (Å²) < 4.78 is 10.7. The largest absolute Gasteiger partial charge is 0.454 e. The highest BCUT2D eigenvalue weighted by Crippen LogP contribution is 2.32. The molecule has 1 heterocycles. The summed E-state index contributed by atoms with van der Waals surface area (Å²) in [6, 6.07) is 13.2. The number of halogens is 1. The van der Waals surface area contributed by atoms with E-state index in [1.807, 2.05) is 37.3 Å². The van der Waals surface area contributed by atoms with Gasteiger partial charge in [0, 0.05) is 10.7 Å². The standard InChI is InChI=1S/C19H17ClN4O2S/c1-13-3-5-15(20)10-16(13)23-19(27)24(8-2-7-21)22-11-14-4-6-17-18(9-14)26-12-25-17/h3-6,9-11H,2,8,12H2,1H3,(H,23,27). The number of thiocarbonyl (C=S) groups is 1. The van der Waals surface area contributed by atoms with Crippen LogP contribution in [0.2, 0.25) is 5.02 Å². The molecule has 0 amide bonds. The summed E-state index contributed by atoms with van der Waals surface area (Å²) in [5.41, 5.74) is 2.64. The van der Waals surface area contributed by atoms with E-state index in [-0.39, 0.29) is 13.2 Å². The summed E-state index contributed by atoms with van der Waals surface area (Å²) in [5, 5.41) is 19.1. The van der Waals surface area contributed by atoms with Gasteiger partial charge in [-0.05, 0) is 60.6 Å². The lowest BCUT2D eigenvalue weighted by Gasteiger charge is -2.20. The molecule has 0 aromatic heterocycles. The van der Waals surface area contributed by atoms with Crippen molar-refractivity contribution >= 4 is 40.8 Å². The van der Waals surface area contributed by atoms with E-state index in [4.69, 9.17) is 38.6 Å². The van der Waals surface area contributed by atoms with Gasteiger partial charge in [0.1, 0.15) is 0 Å². The summed E-state index contributed by atoms with van der Waals surface area (Å²) >= 11 is 11.5. The fraction of sp³-hybridized carbons (Fsp3) is 0.211. The highest BCUT2D eigenvalue weighted by Gasteiger charge is 2.13. The Balaban J connectivity index is 1.75. The van der Waals surface area contributed by atoms with Crippen LogP contribution < -0.4 is 14.8 Å². The summed E-state index contributed by atoms with van der Waals surface area (Å²) in [6.07, 6.45) is 1.95. The van der Waals surface area contributed by atoms with Crippen molar-refractivity contribution in [1.29, 1.82) is 5.26 Å². The molecule has 8 heteroatoms. The maximum absolute atomic E-state index is 8.92. The van der Waals surface area contributed by atoms with Crippen molar-refractivity contribution in [2.45, 2.75) is 13.3 Å². The first-order chi connectivity index (χ1) is 13.1. The monoisotopic (exact) mass is 400 g/mol. The number of rotatable bonds is 5. The predicted molar refractivity (Wildman–Crippen MR) is 110 cm³/mol. The van der Waals surface area contributed by atoms with Crippen molar-refractivity contribution in [3.63, 3.8) is 0 Å². The molecule has 0 saturated heterocycles. The Bertz CT molecular complexity index is 926. The van der Waals surface area contributed by atoms with Crippen LogP contribution in [-0.2, 0) is 0 Å². The van der Waals surface area contributed by atoms with Crippen molar-refractivity contribution in [3.05, 3.63) is 52.5 Å². The lowest BCUT2D eigenvalue weighted by atomic mass is 10.2. The van der Waals surface area contributed by atoms with Crippen molar-refractivity contribution in [2.24, 2.45) is 5.10 Å². The number of nitrogens with one attached hydrogen (secondary N) is 1. The molecule has 0 radical (unpaired) electrons. The molecule has 0 saturated carbocycles. The molecule has 6 nitrogen and oxygen atoms in total. The highest BCUT2D eigenvalue weighted by molar-refractivity contribution is 7.80. The van der Waals surface area contributed by atoms with Gasteiger partial charge in [-0.3, -0.25) is 0 Å². The van der Waals surface area contributed by atoms with E-state index in [2.05, 4.69) is 16.5 Å². The molecule has 0 atom stereocenters. The molecule has 2 aromatic rings. The number of aryl methyl sites for hydroxylation is 1. The molecule has 0 bridgehead atoms. The predicted octanol–water partition coefficient (Wildman–Crippen LogP) is 4.32. The lowest BCUT2D eigenvalue weighted by molar-refractivity contribution is 0.174. The fourth-order valence-electron chi connectivity index (χ4n) is 2.41. The Kier molecular flexibility index (Phi) is 6.12. The maximum atomic E-state index is 8.92. The van der Waals surface area contributed by atoms with Gasteiger partial charge in [0.05, 0.1) is 25.2 Å². The Morgan fingerprint density at radius 2 is 2.15 bits per heavy atom. The van der Waals surface area contributed by atoms with Crippen LogP contribution in [0.25, 0.3) is 0 Å². The number of hydrogen-bond donors (Lipinski definition) is 1. The van der Waals surface area contributed by atoms with Crippen LogP contribution in [0, 0.1) is 18.3 Å². The Labute approximate surface area is 167 Å². The van der Waals surface area contributed by atoms with Gasteiger partial charge < -0.3 is 14.8 Å². The number of nitrogens with zero attached hydrogens (tertiary/aromatic N) is 3. The van der Waals surface area contributed by atoms with E-state index >= 15 is 0 Å². The smallest absolute Gasteiger partial charge is 0.231 e. The minimum absolute atomic E-state index is 0.219. The number of anilines is 1. The zero-order chi connectivity index (χ0) is 19.2. The number of hydrogen-bond acceptors (Lipinski definition) is 5. The first kappa shape index (κ1) is 19.0. The second-order valence-electron chi connectivity index (χ2n) is 5.78. The normalized spacial score (nSPS) is 12.0. The first-order valence-electron chi connectivity index (χ1n) is 8.22. The average molecular weight is 401 g/mol. The van der Waals surface area contributed by atoms with Crippen LogP contribution in [0.4, 0.5) is 5.69 Å². The SMILES string of the molecule is Cc1ccc(Cl)cc1NC(=S)N(CCC#N)N=Cc1ccc2c(c1)OCO2. The van der Waals surface area contributed by atoms with Crippen molar-refractivity contribution in [3.8, 4) is 17.6 Å². The molecule has 0 spiro atoms. The summed E-state index contributed by atoms with van der Waals surface area (Å²) in [4.78, 5) is 0. The fourth-order valence-corrected chi connectivity index (χ4v) is 2.83. The first-order valence-corrected chi connectivity index (χ1v) is 9.00. The number of fused-ring (bicyclic) bond motifs is 1. The van der Waals surface area contributed by atoms with E-state index in [1.54, 1.807) is 17.3 Å². The Hall–Kier alpha value is -2.82. The van der Waals surface area contributed by atoms with Crippen LogP contribution in [0.1, 0.15) is 17.5 Å². The van der Waals surface area contributed by atoms with Gasteiger partial charge >= 0.3 is 0 Å². The molecular weight excluding hydrogens is 384 g/mol. The lowest BCUT2D eigenvalue weighted by Crippen LogP contribution is -2.31.